The summed E-state index contributed by atoms with van der Waals surface area (Å²) in [7, 11) is 0. The van der Waals surface area contributed by atoms with Gasteiger partial charge < -0.3 is 25.0 Å². The van der Waals surface area contributed by atoms with Gasteiger partial charge in [-0.1, -0.05) is 44.5 Å². The Kier molecular flexibility index (Phi) is 6.36. The fraction of sp³-hybridized carbons (Fsp3) is 0.444. The van der Waals surface area contributed by atoms with Crippen molar-refractivity contribution < 1.29 is 23.9 Å². The lowest BCUT2D eigenvalue weighted by Crippen LogP contribution is -2.58. The van der Waals surface area contributed by atoms with Gasteiger partial charge in [-0.25, -0.2) is 0 Å². The number of carbonyl (C=O) groups is 3. The minimum Gasteiger partial charge on any atom is -0.454 e. The highest BCUT2D eigenvalue weighted by molar-refractivity contribution is 8.01. The van der Waals surface area contributed by atoms with Crippen LogP contribution >= 0.6 is 11.8 Å². The molecule has 0 spiro atoms. The number of thioether (sulfide) groups is 1. The molecular weight excluding hydrogens is 478 g/mol. The van der Waals surface area contributed by atoms with Crippen molar-refractivity contribution >= 4 is 29.5 Å². The summed E-state index contributed by atoms with van der Waals surface area (Å²) in [6.07, 6.45) is 0.710. The highest BCUT2D eigenvalue weighted by Crippen LogP contribution is 2.56. The molecule has 4 atom stereocenters. The standard InChI is InChI=1S/C27H31N3O5S/c1-5-15(2)21(23(31)28-13-16-10-11-19-20(12-16)35-14-34-19)29-24(32)22-27(3,4)36-26-18-9-7-6-8-17(18)25(33)30(22)26/h6-12,15,21-22,26H,5,13-14H2,1-4H3,(H,28,31)(H,29,32)/t15-,21-,22-,26-/m0/s1. The van der Waals surface area contributed by atoms with Crippen LogP contribution in [0.25, 0.3) is 0 Å². The Bertz CT molecular complexity index is 1220. The molecule has 36 heavy (non-hydrogen) atoms. The van der Waals surface area contributed by atoms with Crippen molar-refractivity contribution in [2.75, 3.05) is 6.79 Å². The zero-order valence-electron chi connectivity index (χ0n) is 20.9. The van der Waals surface area contributed by atoms with Gasteiger partial charge in [-0.2, -0.15) is 0 Å². The molecule has 9 heteroatoms. The molecule has 0 bridgehead atoms. The van der Waals surface area contributed by atoms with E-state index in [1.165, 1.54) is 0 Å². The molecule has 3 aliphatic heterocycles. The van der Waals surface area contributed by atoms with E-state index in [1.54, 1.807) is 16.7 Å². The quantitative estimate of drug-likeness (QED) is 0.592. The molecule has 0 saturated carbocycles. The molecule has 0 unspecified atom stereocenters. The average Bonchev–Trinajstić information content (AvgIpc) is 3.52. The van der Waals surface area contributed by atoms with E-state index < -0.39 is 16.8 Å². The van der Waals surface area contributed by atoms with E-state index in [-0.39, 0.29) is 35.8 Å². The number of nitrogens with one attached hydrogen (secondary N) is 2. The molecule has 0 aromatic heterocycles. The third-order valence-corrected chi connectivity index (χ3v) is 8.78. The monoisotopic (exact) mass is 509 g/mol. The van der Waals surface area contributed by atoms with Gasteiger partial charge in [-0.15, -0.1) is 11.8 Å². The molecule has 190 valence electrons. The Labute approximate surface area is 215 Å². The van der Waals surface area contributed by atoms with Crippen molar-refractivity contribution in [2.24, 2.45) is 5.92 Å². The number of carbonyl (C=O) groups excluding carboxylic acids is 3. The van der Waals surface area contributed by atoms with Crippen LogP contribution in [0.1, 0.15) is 61.0 Å². The average molecular weight is 510 g/mol. The third-order valence-electron chi connectivity index (χ3n) is 7.24. The summed E-state index contributed by atoms with van der Waals surface area (Å²) in [5, 5.41) is 5.75. The minimum absolute atomic E-state index is 0.0925. The van der Waals surface area contributed by atoms with Crippen molar-refractivity contribution in [3.8, 4) is 11.5 Å². The second kappa shape index (κ2) is 9.35. The first-order valence-corrected chi connectivity index (χ1v) is 13.1. The molecule has 1 saturated heterocycles. The van der Waals surface area contributed by atoms with Crippen LogP contribution in [0, 0.1) is 5.92 Å². The number of fused-ring (bicyclic) bond motifs is 4. The molecule has 2 aromatic rings. The fourth-order valence-corrected chi connectivity index (χ4v) is 6.68. The van der Waals surface area contributed by atoms with E-state index >= 15 is 0 Å². The Hall–Kier alpha value is -3.20. The van der Waals surface area contributed by atoms with E-state index in [9.17, 15) is 14.4 Å². The first-order chi connectivity index (χ1) is 17.2. The number of amides is 3. The van der Waals surface area contributed by atoms with Crippen molar-refractivity contribution in [1.29, 1.82) is 0 Å². The molecule has 0 radical (unpaired) electrons. The van der Waals surface area contributed by atoms with E-state index in [0.717, 1.165) is 11.1 Å². The first kappa shape index (κ1) is 24.5. The summed E-state index contributed by atoms with van der Waals surface area (Å²) < 4.78 is 10.2. The molecule has 5 rings (SSSR count). The second-order valence-electron chi connectivity index (χ2n) is 10.1. The van der Waals surface area contributed by atoms with Gasteiger partial charge >= 0.3 is 0 Å². The number of hydrogen-bond acceptors (Lipinski definition) is 6. The maximum atomic E-state index is 13.7. The molecule has 2 N–H and O–H groups in total. The number of hydrogen-bond donors (Lipinski definition) is 2. The van der Waals surface area contributed by atoms with Crippen molar-refractivity contribution in [2.45, 2.75) is 62.9 Å². The van der Waals surface area contributed by atoms with Crippen LogP contribution in [-0.4, -0.2) is 46.2 Å². The van der Waals surface area contributed by atoms with Gasteiger partial charge in [0, 0.05) is 16.9 Å². The van der Waals surface area contributed by atoms with Gasteiger partial charge in [0.2, 0.25) is 18.6 Å². The predicted molar refractivity (Wildman–Crippen MR) is 137 cm³/mol. The van der Waals surface area contributed by atoms with Crippen LogP contribution in [0.15, 0.2) is 42.5 Å². The van der Waals surface area contributed by atoms with Gasteiger partial charge in [0.05, 0.1) is 0 Å². The first-order valence-electron chi connectivity index (χ1n) is 12.3. The Morgan fingerprint density at radius 3 is 2.69 bits per heavy atom. The van der Waals surface area contributed by atoms with Crippen molar-refractivity contribution in [3.63, 3.8) is 0 Å². The second-order valence-corrected chi connectivity index (χ2v) is 11.8. The van der Waals surface area contributed by atoms with Gasteiger partial charge in [0.1, 0.15) is 17.5 Å². The molecule has 3 amide bonds. The molecule has 0 aliphatic carbocycles. The molecular formula is C27H31N3O5S. The number of ether oxygens (including phenoxy) is 2. The maximum absolute atomic E-state index is 13.7. The lowest BCUT2D eigenvalue weighted by atomic mass is 9.95. The summed E-state index contributed by atoms with van der Waals surface area (Å²) >= 11 is 1.61. The highest BCUT2D eigenvalue weighted by Gasteiger charge is 2.57. The zero-order chi connectivity index (χ0) is 25.6. The summed E-state index contributed by atoms with van der Waals surface area (Å²) in [6.45, 7) is 8.38. The van der Waals surface area contributed by atoms with Crippen LogP contribution in [0.4, 0.5) is 0 Å². The predicted octanol–water partition coefficient (Wildman–Crippen LogP) is 3.61. The Morgan fingerprint density at radius 1 is 1.17 bits per heavy atom. The molecule has 8 nitrogen and oxygen atoms in total. The van der Waals surface area contributed by atoms with E-state index in [4.69, 9.17) is 9.47 Å². The summed E-state index contributed by atoms with van der Waals surface area (Å²) in [5.74, 6) is 0.543. The smallest absolute Gasteiger partial charge is 0.256 e. The molecule has 1 fully saturated rings. The largest absolute Gasteiger partial charge is 0.454 e. The lowest BCUT2D eigenvalue weighted by Gasteiger charge is -2.32. The number of nitrogens with zero attached hydrogens (tertiary/aromatic N) is 1. The normalized spacial score (nSPS) is 22.6. The molecule has 3 aliphatic rings. The fourth-order valence-electron chi connectivity index (χ4n) is 5.09. The van der Waals surface area contributed by atoms with Gasteiger partial charge in [0.25, 0.3) is 5.91 Å². The summed E-state index contributed by atoms with van der Waals surface area (Å²) in [5.41, 5.74) is 2.46. The SMILES string of the molecule is CC[C@H](C)[C@H](NC(=O)[C@@H]1N2C(=O)c3ccccc3[C@@H]2SC1(C)C)C(=O)NCc1ccc2c(c1)OCO2. The Balaban J connectivity index is 1.31. The van der Waals surface area contributed by atoms with Crippen molar-refractivity contribution in [3.05, 3.63) is 59.2 Å². The third kappa shape index (κ3) is 4.19. The topological polar surface area (TPSA) is 97.0 Å². The lowest BCUT2D eigenvalue weighted by molar-refractivity contribution is -0.133. The van der Waals surface area contributed by atoms with Crippen LogP contribution in [0.2, 0.25) is 0 Å². The molecule has 2 aromatic carbocycles. The van der Waals surface area contributed by atoms with Crippen LogP contribution < -0.4 is 20.1 Å². The molecule has 3 heterocycles. The van der Waals surface area contributed by atoms with Gasteiger partial charge in [-0.3, -0.25) is 14.4 Å². The van der Waals surface area contributed by atoms with E-state index in [0.29, 0.717) is 30.0 Å². The van der Waals surface area contributed by atoms with Crippen LogP contribution in [0.5, 0.6) is 11.5 Å². The maximum Gasteiger partial charge on any atom is 0.256 e. The van der Waals surface area contributed by atoms with E-state index in [2.05, 4.69) is 10.6 Å². The van der Waals surface area contributed by atoms with Crippen LogP contribution in [0.3, 0.4) is 0 Å². The zero-order valence-corrected chi connectivity index (χ0v) is 21.7. The minimum atomic E-state index is -0.726. The highest BCUT2D eigenvalue weighted by atomic mass is 32.2. The number of rotatable bonds is 7. The number of benzene rings is 2. The van der Waals surface area contributed by atoms with Gasteiger partial charge in [0.15, 0.2) is 11.5 Å². The van der Waals surface area contributed by atoms with E-state index in [1.807, 2.05) is 70.2 Å². The summed E-state index contributed by atoms with van der Waals surface area (Å²) in [6, 6.07) is 11.6. The van der Waals surface area contributed by atoms with Crippen LogP contribution in [-0.2, 0) is 16.1 Å². The Morgan fingerprint density at radius 2 is 1.92 bits per heavy atom. The van der Waals surface area contributed by atoms with Gasteiger partial charge in [-0.05, 0) is 49.1 Å². The summed E-state index contributed by atoms with van der Waals surface area (Å²) in [4.78, 5) is 41.9. The van der Waals surface area contributed by atoms with Crippen molar-refractivity contribution in [1.82, 2.24) is 15.5 Å².